The van der Waals surface area contributed by atoms with Crippen LogP contribution in [-0.4, -0.2) is 12.8 Å². The minimum atomic E-state index is -0.236. The van der Waals surface area contributed by atoms with E-state index >= 15 is 0 Å². The molecule has 0 aromatic heterocycles. The van der Waals surface area contributed by atoms with Crippen molar-refractivity contribution in [2.45, 2.75) is 19.3 Å². The highest BCUT2D eigenvalue weighted by molar-refractivity contribution is 6.37. The number of nitrogens with zero attached hydrogens (tertiary/aromatic N) is 1. The predicted molar refractivity (Wildman–Crippen MR) is 96.7 cm³/mol. The number of carbonyl (C=O) groups is 1. The van der Waals surface area contributed by atoms with Crippen LogP contribution in [0.1, 0.15) is 29.8 Å². The van der Waals surface area contributed by atoms with E-state index in [0.717, 1.165) is 11.4 Å². The Labute approximate surface area is 146 Å². The van der Waals surface area contributed by atoms with Crippen LogP contribution in [0.5, 0.6) is 0 Å². The van der Waals surface area contributed by atoms with E-state index in [0.29, 0.717) is 15.6 Å². The van der Waals surface area contributed by atoms with Gasteiger partial charge in [-0.25, -0.2) is 0 Å². The lowest BCUT2D eigenvalue weighted by Crippen LogP contribution is -2.24. The molecule has 0 N–H and O–H groups in total. The molecule has 0 aliphatic carbocycles. The molecule has 2 nitrogen and oxygen atoms in total. The molecule has 2 aromatic rings. The topological polar surface area (TPSA) is 20.3 Å². The largest absolute Gasteiger partial charge is 0.347 e. The van der Waals surface area contributed by atoms with Crippen LogP contribution in [0.2, 0.25) is 10.0 Å². The number of allylic oxidation sites excluding steroid dienone is 2. The zero-order chi connectivity index (χ0) is 16.8. The molecule has 3 rings (SSSR count). The van der Waals surface area contributed by atoms with Crippen molar-refractivity contribution in [3.05, 3.63) is 75.4 Å². The van der Waals surface area contributed by atoms with E-state index in [1.54, 1.807) is 24.3 Å². The van der Waals surface area contributed by atoms with Crippen molar-refractivity contribution in [1.82, 2.24) is 0 Å². The zero-order valence-corrected chi connectivity index (χ0v) is 14.7. The van der Waals surface area contributed by atoms with Gasteiger partial charge >= 0.3 is 0 Å². The number of likely N-dealkylation sites (N-methyl/N-ethyl adjacent to an activating group) is 1. The molecule has 0 saturated carbocycles. The summed E-state index contributed by atoms with van der Waals surface area (Å²) < 4.78 is 0. The number of para-hydroxylation sites is 1. The summed E-state index contributed by atoms with van der Waals surface area (Å²) in [5.74, 6) is -0.116. The van der Waals surface area contributed by atoms with Gasteiger partial charge in [0.15, 0.2) is 5.78 Å². The van der Waals surface area contributed by atoms with Crippen molar-refractivity contribution >= 4 is 34.7 Å². The van der Waals surface area contributed by atoms with E-state index < -0.39 is 0 Å². The minimum absolute atomic E-state index is 0.116. The van der Waals surface area contributed by atoms with E-state index in [9.17, 15) is 4.79 Å². The first kappa shape index (κ1) is 16.1. The quantitative estimate of drug-likeness (QED) is 0.530. The molecule has 0 bridgehead atoms. The number of rotatable bonds is 2. The standard InChI is InChI=1S/C19H17Cl2NO/c1-19(2)14-6-4-5-7-16(14)22(3)18(19)11-17(23)13-9-8-12(20)10-15(13)21/h4-11H,1-3H3. The van der Waals surface area contributed by atoms with Gasteiger partial charge in [0.1, 0.15) is 0 Å². The number of hydrogen-bond acceptors (Lipinski definition) is 2. The third-order valence-corrected chi connectivity index (χ3v) is 4.95. The highest BCUT2D eigenvalue weighted by Gasteiger charge is 2.38. The Kier molecular flexibility index (Phi) is 3.99. The Morgan fingerprint density at radius 1 is 1.13 bits per heavy atom. The summed E-state index contributed by atoms with van der Waals surface area (Å²) in [5.41, 5.74) is 3.51. The van der Waals surface area contributed by atoms with Gasteiger partial charge in [0.2, 0.25) is 0 Å². The average Bonchev–Trinajstić information content (AvgIpc) is 2.69. The molecule has 0 radical (unpaired) electrons. The van der Waals surface area contributed by atoms with Crippen LogP contribution in [-0.2, 0) is 5.41 Å². The summed E-state index contributed by atoms with van der Waals surface area (Å²) in [7, 11) is 1.98. The maximum absolute atomic E-state index is 12.7. The third-order valence-electron chi connectivity index (χ3n) is 4.40. The van der Waals surface area contributed by atoms with Crippen LogP contribution in [0, 0.1) is 0 Å². The lowest BCUT2D eigenvalue weighted by molar-refractivity contribution is 0.104. The Hall–Kier alpha value is -1.77. The van der Waals surface area contributed by atoms with Crippen LogP contribution in [0.25, 0.3) is 0 Å². The second-order valence-electron chi connectivity index (χ2n) is 6.22. The van der Waals surface area contributed by atoms with Gasteiger partial charge in [-0.1, -0.05) is 55.2 Å². The van der Waals surface area contributed by atoms with Crippen molar-refractivity contribution in [3.63, 3.8) is 0 Å². The van der Waals surface area contributed by atoms with E-state index in [2.05, 4.69) is 30.9 Å². The number of halogens is 2. The monoisotopic (exact) mass is 345 g/mol. The molecule has 118 valence electrons. The maximum Gasteiger partial charge on any atom is 0.189 e. The summed E-state index contributed by atoms with van der Waals surface area (Å²) in [5, 5.41) is 0.889. The van der Waals surface area contributed by atoms with Crippen LogP contribution in [0.3, 0.4) is 0 Å². The number of anilines is 1. The fourth-order valence-electron chi connectivity index (χ4n) is 3.15. The first-order valence-electron chi connectivity index (χ1n) is 7.37. The molecular weight excluding hydrogens is 329 g/mol. The predicted octanol–water partition coefficient (Wildman–Crippen LogP) is 5.49. The third kappa shape index (κ3) is 2.66. The van der Waals surface area contributed by atoms with Crippen molar-refractivity contribution in [1.29, 1.82) is 0 Å². The molecule has 1 aliphatic heterocycles. The molecule has 1 aliphatic rings. The first-order valence-corrected chi connectivity index (χ1v) is 8.13. The van der Waals surface area contributed by atoms with Crippen LogP contribution < -0.4 is 4.90 Å². The van der Waals surface area contributed by atoms with Crippen molar-refractivity contribution in [3.8, 4) is 0 Å². The molecule has 4 heteroatoms. The fraction of sp³-hybridized carbons (Fsp3) is 0.211. The molecule has 0 unspecified atom stereocenters. The van der Waals surface area contributed by atoms with Gasteiger partial charge in [-0.05, 0) is 29.8 Å². The van der Waals surface area contributed by atoms with Gasteiger partial charge in [0.05, 0.1) is 5.02 Å². The Morgan fingerprint density at radius 3 is 2.48 bits per heavy atom. The summed E-state index contributed by atoms with van der Waals surface area (Å²) in [6, 6.07) is 13.1. The zero-order valence-electron chi connectivity index (χ0n) is 13.2. The molecule has 0 amide bonds. The number of hydrogen-bond donors (Lipinski definition) is 0. The van der Waals surface area contributed by atoms with E-state index in [4.69, 9.17) is 23.2 Å². The van der Waals surface area contributed by atoms with Gasteiger partial charge in [0, 0.05) is 40.5 Å². The summed E-state index contributed by atoms with van der Waals surface area (Å²) in [6.07, 6.45) is 1.68. The van der Waals surface area contributed by atoms with Gasteiger partial charge in [0.25, 0.3) is 0 Å². The van der Waals surface area contributed by atoms with Crippen molar-refractivity contribution < 1.29 is 4.79 Å². The molecule has 23 heavy (non-hydrogen) atoms. The Morgan fingerprint density at radius 2 is 1.83 bits per heavy atom. The van der Waals surface area contributed by atoms with E-state index in [1.165, 1.54) is 5.56 Å². The molecule has 0 fully saturated rings. The SMILES string of the molecule is CN1C(=CC(=O)c2ccc(Cl)cc2Cl)C(C)(C)c2ccccc21. The lowest BCUT2D eigenvalue weighted by Gasteiger charge is -2.24. The molecular formula is C19H17Cl2NO. The summed E-state index contributed by atoms with van der Waals surface area (Å²) in [6.45, 7) is 4.25. The first-order chi connectivity index (χ1) is 10.8. The number of fused-ring (bicyclic) bond motifs is 1. The molecule has 1 heterocycles. The van der Waals surface area contributed by atoms with Gasteiger partial charge < -0.3 is 4.90 Å². The Bertz CT molecular complexity index is 824. The number of benzene rings is 2. The minimum Gasteiger partial charge on any atom is -0.347 e. The summed E-state index contributed by atoms with van der Waals surface area (Å²) >= 11 is 12.1. The summed E-state index contributed by atoms with van der Waals surface area (Å²) in [4.78, 5) is 14.8. The number of carbonyl (C=O) groups excluding carboxylic acids is 1. The van der Waals surface area contributed by atoms with Gasteiger partial charge in [-0.3, -0.25) is 4.79 Å². The smallest absolute Gasteiger partial charge is 0.189 e. The maximum atomic E-state index is 12.7. The average molecular weight is 346 g/mol. The molecule has 0 spiro atoms. The lowest BCUT2D eigenvalue weighted by atomic mass is 9.83. The fourth-order valence-corrected chi connectivity index (χ4v) is 3.65. The highest BCUT2D eigenvalue weighted by atomic mass is 35.5. The van der Waals surface area contributed by atoms with E-state index in [-0.39, 0.29) is 11.2 Å². The second-order valence-corrected chi connectivity index (χ2v) is 7.06. The van der Waals surface area contributed by atoms with Gasteiger partial charge in [-0.2, -0.15) is 0 Å². The van der Waals surface area contributed by atoms with Crippen LogP contribution >= 0.6 is 23.2 Å². The van der Waals surface area contributed by atoms with E-state index in [1.807, 2.05) is 19.2 Å². The Balaban J connectivity index is 2.05. The highest BCUT2D eigenvalue weighted by Crippen LogP contribution is 2.46. The molecule has 0 saturated heterocycles. The van der Waals surface area contributed by atoms with Crippen LogP contribution in [0.15, 0.2) is 54.2 Å². The van der Waals surface area contributed by atoms with Crippen molar-refractivity contribution in [2.24, 2.45) is 0 Å². The molecule has 2 aromatic carbocycles. The van der Waals surface area contributed by atoms with Gasteiger partial charge in [-0.15, -0.1) is 0 Å². The molecule has 0 atom stereocenters. The van der Waals surface area contributed by atoms with Crippen LogP contribution in [0.4, 0.5) is 5.69 Å². The van der Waals surface area contributed by atoms with Crippen molar-refractivity contribution in [2.75, 3.05) is 11.9 Å². The second kappa shape index (κ2) is 5.70. The number of ketones is 1. The normalized spacial score (nSPS) is 17.4.